The monoisotopic (exact) mass is 265 g/mol. The first-order valence-corrected chi connectivity index (χ1v) is 6.48. The molecule has 0 aromatic heterocycles. The minimum atomic E-state index is -0.473. The van der Waals surface area contributed by atoms with Crippen LogP contribution in [0.25, 0.3) is 0 Å². The topological polar surface area (TPSA) is 58.4 Å². The van der Waals surface area contributed by atoms with Crippen LogP contribution in [0.4, 0.5) is 10.1 Å². The number of hydrogen-bond donors (Lipinski definition) is 2. The second kappa shape index (κ2) is 5.17. The Kier molecular flexibility index (Phi) is 3.75. The molecular weight excluding hydrogens is 245 g/mol. The van der Waals surface area contributed by atoms with Crippen molar-refractivity contribution in [2.75, 3.05) is 18.0 Å². The maximum atomic E-state index is 13.4. The number of carbonyl (C=O) groups is 1. The van der Waals surface area contributed by atoms with Crippen LogP contribution in [0.3, 0.4) is 0 Å². The van der Waals surface area contributed by atoms with Crippen LogP contribution in [-0.2, 0) is 4.79 Å². The number of halogens is 1. The second-order valence-electron chi connectivity index (χ2n) is 5.45. The Morgan fingerprint density at radius 2 is 2.26 bits per heavy atom. The van der Waals surface area contributed by atoms with Gasteiger partial charge in [-0.25, -0.2) is 4.39 Å². The van der Waals surface area contributed by atoms with Gasteiger partial charge in [0.1, 0.15) is 11.9 Å². The molecule has 5 heteroatoms. The predicted octanol–water partition coefficient (Wildman–Crippen LogP) is 1.26. The van der Waals surface area contributed by atoms with Crippen molar-refractivity contribution in [3.63, 3.8) is 0 Å². The van der Waals surface area contributed by atoms with E-state index in [0.29, 0.717) is 12.2 Å². The molecule has 19 heavy (non-hydrogen) atoms. The van der Waals surface area contributed by atoms with Crippen LogP contribution >= 0.6 is 0 Å². The molecule has 3 N–H and O–H groups in total. The lowest BCUT2D eigenvalue weighted by Crippen LogP contribution is -2.56. The zero-order valence-electron chi connectivity index (χ0n) is 11.3. The molecule has 1 aliphatic heterocycles. The lowest BCUT2D eigenvalue weighted by Gasteiger charge is -2.42. The third kappa shape index (κ3) is 2.71. The molecule has 1 heterocycles. The third-order valence-electron chi connectivity index (χ3n) is 3.61. The highest BCUT2D eigenvalue weighted by atomic mass is 19.1. The van der Waals surface area contributed by atoms with Gasteiger partial charge in [0.05, 0.1) is 0 Å². The number of nitrogens with one attached hydrogen (secondary N) is 1. The van der Waals surface area contributed by atoms with Crippen molar-refractivity contribution in [3.05, 3.63) is 30.1 Å². The molecule has 104 valence electrons. The molecule has 0 bridgehead atoms. The van der Waals surface area contributed by atoms with E-state index in [1.165, 1.54) is 12.1 Å². The number of anilines is 1. The Hall–Kier alpha value is -1.62. The van der Waals surface area contributed by atoms with Gasteiger partial charge in [-0.2, -0.15) is 0 Å². The number of nitrogens with two attached hydrogens (primary N) is 1. The highest BCUT2D eigenvalue weighted by Crippen LogP contribution is 2.30. The molecule has 0 radical (unpaired) electrons. The van der Waals surface area contributed by atoms with Gasteiger partial charge in [-0.05, 0) is 38.5 Å². The third-order valence-corrected chi connectivity index (χ3v) is 3.61. The molecule has 0 spiro atoms. The molecule has 1 aliphatic rings. The summed E-state index contributed by atoms with van der Waals surface area (Å²) in [6.07, 6.45) is 0.783. The van der Waals surface area contributed by atoms with Gasteiger partial charge in [-0.1, -0.05) is 6.07 Å². The van der Waals surface area contributed by atoms with Crippen LogP contribution in [0, 0.1) is 5.82 Å². The van der Waals surface area contributed by atoms with E-state index >= 15 is 0 Å². The molecule has 1 aromatic rings. The van der Waals surface area contributed by atoms with Gasteiger partial charge in [-0.3, -0.25) is 4.79 Å². The molecule has 1 saturated heterocycles. The van der Waals surface area contributed by atoms with Crippen molar-refractivity contribution in [1.29, 1.82) is 0 Å². The van der Waals surface area contributed by atoms with Crippen LogP contribution in [-0.4, -0.2) is 30.6 Å². The van der Waals surface area contributed by atoms with Crippen molar-refractivity contribution in [3.8, 4) is 0 Å². The highest BCUT2D eigenvalue weighted by Gasteiger charge is 2.38. The van der Waals surface area contributed by atoms with Gasteiger partial charge in [0, 0.05) is 24.3 Å². The number of nitrogens with zero attached hydrogens (tertiary/aromatic N) is 1. The summed E-state index contributed by atoms with van der Waals surface area (Å²) in [5.74, 6) is -0.411. The lowest BCUT2D eigenvalue weighted by atomic mass is 9.95. The van der Waals surface area contributed by atoms with Crippen molar-refractivity contribution in [1.82, 2.24) is 5.32 Å². The van der Waals surface area contributed by atoms with E-state index in [-0.39, 0.29) is 23.8 Å². The maximum absolute atomic E-state index is 13.4. The number of rotatable bonds is 2. The Bertz CT molecular complexity index is 476. The Morgan fingerprint density at radius 1 is 1.53 bits per heavy atom. The number of amides is 1. The minimum Gasteiger partial charge on any atom is -0.354 e. The fourth-order valence-corrected chi connectivity index (χ4v) is 2.64. The summed E-state index contributed by atoms with van der Waals surface area (Å²) in [6.45, 7) is 4.89. The summed E-state index contributed by atoms with van der Waals surface area (Å²) in [5, 5.41) is 2.86. The molecule has 4 nitrogen and oxygen atoms in total. The largest absolute Gasteiger partial charge is 0.354 e. The molecular formula is C14H20FN3O. The fraction of sp³-hybridized carbons (Fsp3) is 0.500. The quantitative estimate of drug-likeness (QED) is 0.846. The molecule has 1 amide bonds. The van der Waals surface area contributed by atoms with E-state index in [1.807, 2.05) is 24.8 Å². The molecule has 1 unspecified atom stereocenters. The summed E-state index contributed by atoms with van der Waals surface area (Å²) in [4.78, 5) is 14.0. The molecule has 1 aromatic carbocycles. The maximum Gasteiger partial charge on any atom is 0.244 e. The predicted molar refractivity (Wildman–Crippen MR) is 73.4 cm³/mol. The van der Waals surface area contributed by atoms with Gasteiger partial charge in [0.25, 0.3) is 0 Å². The van der Waals surface area contributed by atoms with Crippen molar-refractivity contribution >= 4 is 11.6 Å². The van der Waals surface area contributed by atoms with E-state index in [9.17, 15) is 9.18 Å². The standard InChI is InChI=1S/C14H20FN3O/c1-14(2)6-7-17-13(19)12(9-16)18(14)11-5-3-4-10(15)8-11/h3-5,8,12H,6-7,9,16H2,1-2H3,(H,17,19). The van der Waals surface area contributed by atoms with E-state index in [4.69, 9.17) is 5.73 Å². The van der Waals surface area contributed by atoms with Gasteiger partial charge in [0.2, 0.25) is 5.91 Å². The van der Waals surface area contributed by atoms with Crippen molar-refractivity contribution in [2.45, 2.75) is 31.8 Å². The molecule has 2 rings (SSSR count). The second-order valence-corrected chi connectivity index (χ2v) is 5.45. The minimum absolute atomic E-state index is 0.0997. The van der Waals surface area contributed by atoms with Gasteiger partial charge in [-0.15, -0.1) is 0 Å². The summed E-state index contributed by atoms with van der Waals surface area (Å²) in [6, 6.07) is 5.83. The zero-order valence-corrected chi connectivity index (χ0v) is 11.3. The normalized spacial score (nSPS) is 22.8. The number of hydrogen-bond acceptors (Lipinski definition) is 3. The van der Waals surface area contributed by atoms with E-state index in [0.717, 1.165) is 6.42 Å². The summed E-state index contributed by atoms with van der Waals surface area (Å²) in [7, 11) is 0. The van der Waals surface area contributed by atoms with Gasteiger partial charge in [0.15, 0.2) is 0 Å². The van der Waals surface area contributed by atoms with Crippen molar-refractivity contribution < 1.29 is 9.18 Å². The molecule has 1 fully saturated rings. The number of carbonyl (C=O) groups excluding carboxylic acids is 1. The first-order chi connectivity index (χ1) is 8.95. The van der Waals surface area contributed by atoms with E-state index < -0.39 is 6.04 Å². The van der Waals surface area contributed by atoms with Gasteiger partial charge < -0.3 is 16.0 Å². The van der Waals surface area contributed by atoms with Crippen LogP contribution in [0.15, 0.2) is 24.3 Å². The smallest absolute Gasteiger partial charge is 0.244 e. The van der Waals surface area contributed by atoms with Crippen LogP contribution in [0.5, 0.6) is 0 Å². The Labute approximate surface area is 112 Å². The fourth-order valence-electron chi connectivity index (χ4n) is 2.64. The van der Waals surface area contributed by atoms with Crippen LogP contribution < -0.4 is 16.0 Å². The van der Waals surface area contributed by atoms with E-state index in [1.54, 1.807) is 6.07 Å². The van der Waals surface area contributed by atoms with Crippen LogP contribution in [0.1, 0.15) is 20.3 Å². The zero-order chi connectivity index (χ0) is 14.0. The SMILES string of the molecule is CC1(C)CCNC(=O)C(CN)N1c1cccc(F)c1. The highest BCUT2D eigenvalue weighted by molar-refractivity contribution is 5.86. The van der Waals surface area contributed by atoms with Gasteiger partial charge >= 0.3 is 0 Å². The molecule has 0 saturated carbocycles. The lowest BCUT2D eigenvalue weighted by molar-refractivity contribution is -0.121. The molecule has 1 atom stereocenters. The summed E-state index contributed by atoms with van der Waals surface area (Å²) in [5.41, 5.74) is 6.18. The molecule has 0 aliphatic carbocycles. The van der Waals surface area contributed by atoms with E-state index in [2.05, 4.69) is 5.32 Å². The average molecular weight is 265 g/mol. The first kappa shape index (κ1) is 13.8. The van der Waals surface area contributed by atoms with Crippen molar-refractivity contribution in [2.24, 2.45) is 5.73 Å². The Morgan fingerprint density at radius 3 is 2.89 bits per heavy atom. The Balaban J connectivity index is 2.48. The van der Waals surface area contributed by atoms with Crippen LogP contribution in [0.2, 0.25) is 0 Å². The summed E-state index contributed by atoms with van der Waals surface area (Å²) < 4.78 is 13.4. The average Bonchev–Trinajstić information content (AvgIpc) is 2.45. The summed E-state index contributed by atoms with van der Waals surface area (Å²) >= 11 is 0. The first-order valence-electron chi connectivity index (χ1n) is 6.48. The number of benzene rings is 1.